The molecule has 3 aromatic carbocycles. The minimum Gasteiger partial charge on any atom is -0.497 e. The first-order valence-electron chi connectivity index (χ1n) is 8.45. The molecular weight excluding hydrogens is 308 g/mol. The number of benzene rings is 3. The third kappa shape index (κ3) is 3.01. The smallest absolute Gasteiger partial charge is 0.287 e. The van der Waals surface area contributed by atoms with Gasteiger partial charge in [0.25, 0.3) is 5.82 Å². The van der Waals surface area contributed by atoms with Crippen molar-refractivity contribution in [3.63, 3.8) is 0 Å². The van der Waals surface area contributed by atoms with Gasteiger partial charge in [-0.3, -0.25) is 0 Å². The van der Waals surface area contributed by atoms with Gasteiger partial charge in [-0.1, -0.05) is 42.0 Å². The summed E-state index contributed by atoms with van der Waals surface area (Å²) in [6, 6.07) is 25.3. The zero-order chi connectivity index (χ0) is 17.2. The molecule has 0 amide bonds. The van der Waals surface area contributed by atoms with E-state index in [-0.39, 0.29) is 0 Å². The summed E-state index contributed by atoms with van der Waals surface area (Å²) in [7, 11) is 1.69. The largest absolute Gasteiger partial charge is 0.497 e. The molecule has 0 aliphatic heterocycles. The number of H-pyrrole nitrogens is 1. The molecule has 3 heteroatoms. The molecule has 0 bridgehead atoms. The Hall–Kier alpha value is -3.07. The van der Waals surface area contributed by atoms with Crippen molar-refractivity contribution < 1.29 is 9.30 Å². The average Bonchev–Trinajstić information content (AvgIpc) is 3.02. The van der Waals surface area contributed by atoms with Gasteiger partial charge in [-0.05, 0) is 48.9 Å². The van der Waals surface area contributed by atoms with Crippen LogP contribution in [0, 0.1) is 6.92 Å². The summed E-state index contributed by atoms with van der Waals surface area (Å²) in [4.78, 5) is 3.57. The summed E-state index contributed by atoms with van der Waals surface area (Å²) < 4.78 is 7.62. The van der Waals surface area contributed by atoms with Gasteiger partial charge in [-0.15, -0.1) is 0 Å². The first-order valence-corrected chi connectivity index (χ1v) is 8.45. The van der Waals surface area contributed by atoms with Crippen molar-refractivity contribution in [3.05, 3.63) is 83.9 Å². The molecule has 0 aliphatic carbocycles. The lowest BCUT2D eigenvalue weighted by Gasteiger charge is -2.05. The number of aryl methyl sites for hydroxylation is 1. The van der Waals surface area contributed by atoms with Crippen LogP contribution in [0.25, 0.3) is 22.4 Å². The predicted octanol–water partition coefficient (Wildman–Crippen LogP) is 4.49. The van der Waals surface area contributed by atoms with Crippen molar-refractivity contribution in [2.75, 3.05) is 7.11 Å². The van der Waals surface area contributed by atoms with Crippen LogP contribution in [-0.2, 0) is 6.54 Å². The van der Waals surface area contributed by atoms with Crippen LogP contribution in [0.15, 0.2) is 72.8 Å². The second-order valence-electron chi connectivity index (χ2n) is 6.29. The summed E-state index contributed by atoms with van der Waals surface area (Å²) in [6.07, 6.45) is 0. The van der Waals surface area contributed by atoms with Crippen molar-refractivity contribution in [2.45, 2.75) is 13.5 Å². The summed E-state index contributed by atoms with van der Waals surface area (Å²) >= 11 is 0. The van der Waals surface area contributed by atoms with E-state index in [2.05, 4.69) is 77.1 Å². The number of nitrogens with one attached hydrogen (secondary N) is 1. The second-order valence-corrected chi connectivity index (χ2v) is 6.29. The summed E-state index contributed by atoms with van der Waals surface area (Å²) in [5, 5.41) is 0. The lowest BCUT2D eigenvalue weighted by atomic mass is 10.1. The van der Waals surface area contributed by atoms with Crippen LogP contribution in [0.3, 0.4) is 0 Å². The van der Waals surface area contributed by atoms with Gasteiger partial charge in [-0.2, -0.15) is 0 Å². The first-order chi connectivity index (χ1) is 12.2. The number of imidazole rings is 1. The van der Waals surface area contributed by atoms with Gasteiger partial charge in [0, 0.05) is 0 Å². The molecular formula is C22H21N2O+. The van der Waals surface area contributed by atoms with E-state index >= 15 is 0 Å². The van der Waals surface area contributed by atoms with Gasteiger partial charge in [-0.25, -0.2) is 9.55 Å². The second kappa shape index (κ2) is 6.44. The number of para-hydroxylation sites is 2. The highest BCUT2D eigenvalue weighted by molar-refractivity contribution is 5.74. The van der Waals surface area contributed by atoms with E-state index in [4.69, 9.17) is 4.74 Å². The number of aromatic amines is 1. The van der Waals surface area contributed by atoms with Crippen molar-refractivity contribution >= 4 is 11.0 Å². The molecule has 0 unspecified atom stereocenters. The number of rotatable bonds is 4. The molecule has 0 saturated carbocycles. The standard InChI is InChI=1S/C22H20N2O/c1-16-7-9-17(10-8-16)15-24-21-6-4-3-5-20(21)23-22(24)18-11-13-19(25-2)14-12-18/h3-14H,15H2,1-2H3/p+1. The molecule has 0 spiro atoms. The minimum absolute atomic E-state index is 0.825. The Kier molecular flexibility index (Phi) is 3.98. The number of methoxy groups -OCH3 is 1. The third-order valence-electron chi connectivity index (χ3n) is 4.54. The van der Waals surface area contributed by atoms with Gasteiger partial charge < -0.3 is 4.74 Å². The number of fused-ring (bicyclic) bond motifs is 1. The van der Waals surface area contributed by atoms with E-state index in [1.54, 1.807) is 7.11 Å². The zero-order valence-corrected chi connectivity index (χ0v) is 14.5. The van der Waals surface area contributed by atoms with Gasteiger partial charge in [0.1, 0.15) is 12.3 Å². The molecule has 124 valence electrons. The fraction of sp³-hybridized carbons (Fsp3) is 0.136. The topological polar surface area (TPSA) is 28.9 Å². The van der Waals surface area contributed by atoms with E-state index in [1.165, 1.54) is 16.6 Å². The lowest BCUT2D eigenvalue weighted by molar-refractivity contribution is -0.651. The highest BCUT2D eigenvalue weighted by atomic mass is 16.5. The highest BCUT2D eigenvalue weighted by Crippen LogP contribution is 2.22. The molecule has 0 saturated heterocycles. The molecule has 4 aromatic rings. The quantitative estimate of drug-likeness (QED) is 0.549. The Balaban J connectivity index is 1.83. The van der Waals surface area contributed by atoms with Gasteiger partial charge in [0.2, 0.25) is 0 Å². The SMILES string of the molecule is COc1ccc(-c2[nH]c3ccccc3[n+]2Cc2ccc(C)cc2)cc1. The first kappa shape index (κ1) is 15.5. The molecule has 1 N–H and O–H groups in total. The fourth-order valence-corrected chi connectivity index (χ4v) is 3.15. The van der Waals surface area contributed by atoms with E-state index < -0.39 is 0 Å². The molecule has 0 aliphatic rings. The van der Waals surface area contributed by atoms with Crippen LogP contribution in [0.5, 0.6) is 5.75 Å². The fourth-order valence-electron chi connectivity index (χ4n) is 3.15. The molecule has 0 radical (unpaired) electrons. The van der Waals surface area contributed by atoms with Crippen molar-refractivity contribution in [3.8, 4) is 17.1 Å². The Morgan fingerprint density at radius 1 is 0.880 bits per heavy atom. The number of hydrogen-bond donors (Lipinski definition) is 1. The predicted molar refractivity (Wildman–Crippen MR) is 101 cm³/mol. The number of ether oxygens (including phenoxy) is 1. The van der Waals surface area contributed by atoms with Crippen LogP contribution in [0.4, 0.5) is 0 Å². The lowest BCUT2D eigenvalue weighted by Crippen LogP contribution is -2.35. The molecule has 0 fully saturated rings. The van der Waals surface area contributed by atoms with Crippen LogP contribution in [0.1, 0.15) is 11.1 Å². The average molecular weight is 329 g/mol. The van der Waals surface area contributed by atoms with Gasteiger partial charge in [0.05, 0.1) is 12.7 Å². The maximum atomic E-state index is 5.28. The Bertz CT molecular complexity index is 999. The van der Waals surface area contributed by atoms with Gasteiger partial charge in [0.15, 0.2) is 11.0 Å². The monoisotopic (exact) mass is 329 g/mol. The van der Waals surface area contributed by atoms with E-state index in [0.29, 0.717) is 0 Å². The van der Waals surface area contributed by atoms with E-state index in [1.807, 2.05) is 12.1 Å². The van der Waals surface area contributed by atoms with Crippen molar-refractivity contribution in [2.24, 2.45) is 0 Å². The minimum atomic E-state index is 0.825. The third-order valence-corrected chi connectivity index (χ3v) is 4.54. The molecule has 25 heavy (non-hydrogen) atoms. The normalized spacial score (nSPS) is 11.0. The van der Waals surface area contributed by atoms with E-state index in [9.17, 15) is 0 Å². The number of hydrogen-bond acceptors (Lipinski definition) is 1. The molecule has 1 heterocycles. The van der Waals surface area contributed by atoms with Crippen LogP contribution >= 0.6 is 0 Å². The Morgan fingerprint density at radius 2 is 1.60 bits per heavy atom. The van der Waals surface area contributed by atoms with Crippen molar-refractivity contribution in [1.29, 1.82) is 0 Å². The summed E-state index contributed by atoms with van der Waals surface area (Å²) in [6.45, 7) is 2.94. The molecule has 0 atom stereocenters. The zero-order valence-electron chi connectivity index (χ0n) is 14.5. The van der Waals surface area contributed by atoms with E-state index in [0.717, 1.165) is 29.2 Å². The number of aromatic nitrogens is 2. The summed E-state index contributed by atoms with van der Waals surface area (Å²) in [5.74, 6) is 1.97. The number of nitrogens with zero attached hydrogens (tertiary/aromatic N) is 1. The maximum absolute atomic E-state index is 5.28. The Morgan fingerprint density at radius 3 is 2.32 bits per heavy atom. The van der Waals surface area contributed by atoms with Crippen LogP contribution in [-0.4, -0.2) is 12.1 Å². The van der Waals surface area contributed by atoms with Crippen LogP contribution in [0.2, 0.25) is 0 Å². The highest BCUT2D eigenvalue weighted by Gasteiger charge is 2.20. The van der Waals surface area contributed by atoms with Crippen LogP contribution < -0.4 is 9.30 Å². The molecule has 3 nitrogen and oxygen atoms in total. The summed E-state index contributed by atoms with van der Waals surface area (Å²) in [5.41, 5.74) is 6.05. The van der Waals surface area contributed by atoms with Gasteiger partial charge >= 0.3 is 0 Å². The Labute approximate surface area is 147 Å². The molecule has 4 rings (SSSR count). The van der Waals surface area contributed by atoms with Crippen molar-refractivity contribution in [1.82, 2.24) is 4.98 Å². The molecule has 1 aromatic heterocycles. The maximum Gasteiger partial charge on any atom is 0.287 e.